The van der Waals surface area contributed by atoms with E-state index >= 15 is 0 Å². The molecule has 144 valence electrons. The number of hydrogen-bond donors (Lipinski definition) is 1. The van der Waals surface area contributed by atoms with E-state index in [9.17, 15) is 10.4 Å². The zero-order chi connectivity index (χ0) is 20.2. The molecule has 2 aromatic carbocycles. The highest BCUT2D eigenvalue weighted by atomic mass is 79.9. The first-order valence-electron chi connectivity index (χ1n) is 9.28. The highest BCUT2D eigenvalue weighted by Gasteiger charge is 2.73. The highest BCUT2D eigenvalue weighted by molar-refractivity contribution is 9.10. The number of nitrogens with zero attached hydrogens (tertiary/aromatic N) is 2. The minimum absolute atomic E-state index is 0.243. The molecule has 3 aromatic rings. The van der Waals surface area contributed by atoms with Crippen molar-refractivity contribution in [3.05, 3.63) is 93.2 Å². The van der Waals surface area contributed by atoms with Crippen LogP contribution >= 0.6 is 27.5 Å². The van der Waals surface area contributed by atoms with Crippen LogP contribution in [-0.4, -0.2) is 10.1 Å². The van der Waals surface area contributed by atoms with Crippen LogP contribution in [0.25, 0.3) is 0 Å². The summed E-state index contributed by atoms with van der Waals surface area (Å²) in [6, 6.07) is 21.6. The van der Waals surface area contributed by atoms with Crippen molar-refractivity contribution in [3.8, 4) is 11.8 Å². The van der Waals surface area contributed by atoms with Crippen molar-refractivity contribution in [2.45, 2.75) is 23.5 Å². The van der Waals surface area contributed by atoms with Gasteiger partial charge in [0.05, 0.1) is 17.0 Å². The molecule has 1 aromatic heterocycles. The molecule has 4 atom stereocenters. The second kappa shape index (κ2) is 6.56. The summed E-state index contributed by atoms with van der Waals surface area (Å²) >= 11 is 9.64. The fourth-order valence-corrected chi connectivity index (χ4v) is 5.34. The summed E-state index contributed by atoms with van der Waals surface area (Å²) < 4.78 is 7.48. The number of hydrogen-bond acceptors (Lipinski definition) is 4. The lowest BCUT2D eigenvalue weighted by molar-refractivity contribution is -0.120. The topological polar surface area (TPSA) is 66.1 Å². The minimum atomic E-state index is -1.60. The van der Waals surface area contributed by atoms with Crippen molar-refractivity contribution in [2.75, 3.05) is 0 Å². The van der Waals surface area contributed by atoms with E-state index in [1.807, 2.05) is 54.6 Å². The van der Waals surface area contributed by atoms with Gasteiger partial charge in [0.15, 0.2) is 11.2 Å². The van der Waals surface area contributed by atoms with Gasteiger partial charge in [0.2, 0.25) is 0 Å². The van der Waals surface area contributed by atoms with Crippen LogP contribution in [0.3, 0.4) is 0 Å². The Labute approximate surface area is 181 Å². The Hall–Kier alpha value is -2.39. The van der Waals surface area contributed by atoms with E-state index < -0.39 is 17.1 Å². The van der Waals surface area contributed by atoms with E-state index in [0.29, 0.717) is 22.9 Å². The first kappa shape index (κ1) is 18.6. The van der Waals surface area contributed by atoms with E-state index in [4.69, 9.17) is 16.3 Å². The maximum absolute atomic E-state index is 12.2. The predicted molar refractivity (Wildman–Crippen MR) is 112 cm³/mol. The number of rotatable bonds is 2. The zero-order valence-electron chi connectivity index (χ0n) is 15.2. The summed E-state index contributed by atoms with van der Waals surface area (Å²) in [5, 5.41) is 22.6. The summed E-state index contributed by atoms with van der Waals surface area (Å²) in [6.45, 7) is 0. The van der Waals surface area contributed by atoms with Crippen LogP contribution in [0.5, 0.6) is 5.75 Å². The maximum atomic E-state index is 12.2. The number of benzene rings is 2. The third-order valence-corrected chi connectivity index (χ3v) is 6.85. The van der Waals surface area contributed by atoms with E-state index in [-0.39, 0.29) is 5.92 Å². The first-order valence-corrected chi connectivity index (χ1v) is 10.5. The number of aliphatic hydroxyl groups is 1. The number of aromatic nitrogens is 1. The molecule has 0 unspecified atom stereocenters. The molecular formula is C23H16BrClN2O2. The van der Waals surface area contributed by atoms with Crippen LogP contribution < -0.4 is 4.74 Å². The van der Waals surface area contributed by atoms with Gasteiger partial charge in [0.25, 0.3) is 0 Å². The summed E-state index contributed by atoms with van der Waals surface area (Å²) in [7, 11) is 0. The number of halogens is 2. The minimum Gasteiger partial charge on any atom is -0.476 e. The molecule has 0 radical (unpaired) electrons. The molecule has 1 fully saturated rings. The van der Waals surface area contributed by atoms with Gasteiger partial charge in [0, 0.05) is 22.7 Å². The average Bonchev–Trinajstić information content (AvgIpc) is 3.13. The molecular weight excluding hydrogens is 452 g/mol. The van der Waals surface area contributed by atoms with Crippen LogP contribution in [0.4, 0.5) is 0 Å². The number of pyridine rings is 1. The van der Waals surface area contributed by atoms with Gasteiger partial charge in [0.1, 0.15) is 11.4 Å². The van der Waals surface area contributed by atoms with Crippen molar-refractivity contribution >= 4 is 27.5 Å². The summed E-state index contributed by atoms with van der Waals surface area (Å²) in [5.74, 6) is -0.512. The third kappa shape index (κ3) is 2.43. The molecule has 2 heterocycles. The largest absolute Gasteiger partial charge is 0.476 e. The second-order valence-corrected chi connectivity index (χ2v) is 8.84. The summed E-state index contributed by atoms with van der Waals surface area (Å²) in [5.41, 5.74) is -0.616. The molecule has 1 N–H and O–H groups in total. The van der Waals surface area contributed by atoms with E-state index in [0.717, 1.165) is 15.6 Å². The van der Waals surface area contributed by atoms with Gasteiger partial charge in [-0.25, -0.2) is 0 Å². The van der Waals surface area contributed by atoms with Gasteiger partial charge < -0.3 is 9.84 Å². The number of nitriles is 1. The molecule has 0 amide bonds. The van der Waals surface area contributed by atoms with Crippen molar-refractivity contribution in [3.63, 3.8) is 0 Å². The zero-order valence-corrected chi connectivity index (χ0v) is 17.6. The lowest BCUT2D eigenvalue weighted by Gasteiger charge is -2.40. The normalized spacial score (nSPS) is 29.6. The molecule has 1 aliphatic carbocycles. The van der Waals surface area contributed by atoms with Gasteiger partial charge in [-0.3, -0.25) is 4.98 Å². The molecule has 1 aliphatic heterocycles. The first-order chi connectivity index (χ1) is 14.0. The Morgan fingerprint density at radius 3 is 2.59 bits per heavy atom. The average molecular weight is 468 g/mol. The molecule has 0 bridgehead atoms. The summed E-state index contributed by atoms with van der Waals surface area (Å²) in [4.78, 5) is 4.42. The van der Waals surface area contributed by atoms with Crippen LogP contribution in [-0.2, 0) is 11.2 Å². The Kier molecular flexibility index (Phi) is 4.22. The Morgan fingerprint density at radius 1 is 1.17 bits per heavy atom. The van der Waals surface area contributed by atoms with Crippen LogP contribution in [0.1, 0.15) is 29.2 Å². The molecule has 0 saturated heterocycles. The van der Waals surface area contributed by atoms with Crippen LogP contribution in [0.15, 0.2) is 71.3 Å². The smallest absolute Gasteiger partial charge is 0.176 e. The van der Waals surface area contributed by atoms with E-state index in [1.54, 1.807) is 6.07 Å². The standard InChI is InChI=1S/C23H16BrClN2O2/c24-17-8-6-15(7-9-17)23-19(14-4-2-1-3-5-14)10-16(12-26)22(23,28)21-20(29-23)11-18(25)13-27-21/h1-9,11,13,16,19,28H,10H2/t16-,19-,22+,23-/m0/s1. The molecule has 29 heavy (non-hydrogen) atoms. The van der Waals surface area contributed by atoms with Crippen LogP contribution in [0, 0.1) is 17.2 Å². The summed E-state index contributed by atoms with van der Waals surface area (Å²) in [6.07, 6.45) is 1.94. The molecule has 4 nitrogen and oxygen atoms in total. The third-order valence-electron chi connectivity index (χ3n) is 6.11. The molecule has 2 aliphatic rings. The molecule has 6 heteroatoms. The fourth-order valence-electron chi connectivity index (χ4n) is 4.92. The van der Waals surface area contributed by atoms with E-state index in [1.165, 1.54) is 6.20 Å². The fraction of sp³-hybridized carbons (Fsp3) is 0.217. The van der Waals surface area contributed by atoms with Crippen molar-refractivity contribution < 1.29 is 9.84 Å². The molecule has 0 spiro atoms. The molecule has 1 saturated carbocycles. The molecule has 5 rings (SSSR count). The van der Waals surface area contributed by atoms with Crippen molar-refractivity contribution in [1.29, 1.82) is 5.26 Å². The van der Waals surface area contributed by atoms with Gasteiger partial charge in [-0.2, -0.15) is 5.26 Å². The van der Waals surface area contributed by atoms with Gasteiger partial charge in [-0.15, -0.1) is 0 Å². The lowest BCUT2D eigenvalue weighted by Crippen LogP contribution is -2.50. The van der Waals surface area contributed by atoms with Crippen LogP contribution in [0.2, 0.25) is 5.02 Å². The quantitative estimate of drug-likeness (QED) is 0.555. The Morgan fingerprint density at radius 2 is 1.90 bits per heavy atom. The lowest BCUT2D eigenvalue weighted by atomic mass is 9.71. The van der Waals surface area contributed by atoms with Gasteiger partial charge in [-0.05, 0) is 29.7 Å². The monoisotopic (exact) mass is 466 g/mol. The number of fused-ring (bicyclic) bond motifs is 3. The van der Waals surface area contributed by atoms with Crippen molar-refractivity contribution in [1.82, 2.24) is 4.98 Å². The Balaban J connectivity index is 1.83. The second-order valence-electron chi connectivity index (χ2n) is 7.49. The van der Waals surface area contributed by atoms with Gasteiger partial charge in [-0.1, -0.05) is 70.0 Å². The van der Waals surface area contributed by atoms with E-state index in [2.05, 4.69) is 27.0 Å². The Bertz CT molecular complexity index is 1130. The highest BCUT2D eigenvalue weighted by Crippen LogP contribution is 2.68. The van der Waals surface area contributed by atoms with Gasteiger partial charge >= 0.3 is 0 Å². The predicted octanol–water partition coefficient (Wildman–Crippen LogP) is 5.30. The maximum Gasteiger partial charge on any atom is 0.176 e. The number of ether oxygens (including phenoxy) is 1. The van der Waals surface area contributed by atoms with Crippen molar-refractivity contribution in [2.24, 2.45) is 5.92 Å². The SMILES string of the molecule is N#C[C@@H]1C[C@@H](c2ccccc2)[C@]2(c3ccc(Br)cc3)Oc3cc(Cl)cnc3[C@]12O.